The molecule has 0 unspecified atom stereocenters. The second-order valence-electron chi connectivity index (χ2n) is 7.35. The monoisotopic (exact) mass is 439 g/mol. The van der Waals surface area contributed by atoms with Crippen molar-refractivity contribution in [2.45, 2.75) is 39.3 Å². The average Bonchev–Trinajstić information content (AvgIpc) is 2.78. The molecule has 1 aliphatic rings. The van der Waals surface area contributed by atoms with Crippen LogP contribution in [0.2, 0.25) is 0 Å². The molecule has 0 aromatic heterocycles. The maximum atomic E-state index is 13.1. The van der Waals surface area contributed by atoms with Crippen LogP contribution in [0.4, 0.5) is 0 Å². The van der Waals surface area contributed by atoms with Crippen LogP contribution in [0.1, 0.15) is 43.9 Å². The van der Waals surface area contributed by atoms with Gasteiger partial charge in [-0.05, 0) is 48.8 Å². The number of hydrogen-bond acceptors (Lipinski definition) is 4. The zero-order chi connectivity index (χ0) is 22.2. The van der Waals surface area contributed by atoms with Gasteiger partial charge in [-0.3, -0.25) is 4.79 Å². The first-order chi connectivity index (χ1) is 15.0. The van der Waals surface area contributed by atoms with Gasteiger partial charge in [-0.1, -0.05) is 49.7 Å². The predicted octanol–water partition coefficient (Wildman–Crippen LogP) is 3.98. The third-order valence-electron chi connectivity index (χ3n) is 5.09. The van der Waals surface area contributed by atoms with Crippen LogP contribution in [0.3, 0.4) is 0 Å². The summed E-state index contributed by atoms with van der Waals surface area (Å²) in [5.74, 6) is 1.16. The molecule has 164 valence electrons. The van der Waals surface area contributed by atoms with Crippen molar-refractivity contribution >= 4 is 23.2 Å². The van der Waals surface area contributed by atoms with E-state index in [4.69, 9.17) is 21.7 Å². The van der Waals surface area contributed by atoms with Gasteiger partial charge in [0.25, 0.3) is 5.91 Å². The average molecular weight is 440 g/mol. The molecule has 0 spiro atoms. The third-order valence-corrected chi connectivity index (χ3v) is 5.31. The molecule has 2 aromatic rings. The molecule has 7 heteroatoms. The summed E-state index contributed by atoms with van der Waals surface area (Å²) in [6.45, 7) is 5.06. The summed E-state index contributed by atoms with van der Waals surface area (Å²) in [7, 11) is 1.61. The summed E-state index contributed by atoms with van der Waals surface area (Å²) in [6.07, 6.45) is 2.03. The molecule has 3 rings (SSSR count). The number of carbonyl (C=O) groups is 1. The molecule has 0 fully saturated rings. The summed E-state index contributed by atoms with van der Waals surface area (Å²) in [6, 6.07) is 15.1. The third kappa shape index (κ3) is 5.76. The highest BCUT2D eigenvalue weighted by molar-refractivity contribution is 7.80. The Hall–Kier alpha value is -3.06. The van der Waals surface area contributed by atoms with Gasteiger partial charge in [0.2, 0.25) is 0 Å². The van der Waals surface area contributed by atoms with Gasteiger partial charge >= 0.3 is 0 Å². The first kappa shape index (κ1) is 22.6. The standard InChI is InChI=1S/C24H29N3O3S/c1-4-5-13-30-19-12-11-18(14-20(19)29-3)22-21(16(2)26-24(31)27-22)23(28)25-15-17-9-7-6-8-10-17/h6-12,14,22H,4-5,13,15H2,1-3H3,(H,25,28)(H2,26,27,31)/t22-/m0/s1. The molecule has 0 saturated carbocycles. The van der Waals surface area contributed by atoms with Crippen molar-refractivity contribution in [2.24, 2.45) is 0 Å². The number of benzene rings is 2. The first-order valence-corrected chi connectivity index (χ1v) is 10.9. The zero-order valence-electron chi connectivity index (χ0n) is 18.2. The summed E-state index contributed by atoms with van der Waals surface area (Å²) >= 11 is 5.35. The fourth-order valence-electron chi connectivity index (χ4n) is 3.43. The molecular formula is C24H29N3O3S. The Kier molecular flexibility index (Phi) is 7.89. The van der Waals surface area contributed by atoms with E-state index >= 15 is 0 Å². The van der Waals surface area contributed by atoms with Crippen molar-refractivity contribution in [2.75, 3.05) is 13.7 Å². The van der Waals surface area contributed by atoms with E-state index in [-0.39, 0.29) is 5.91 Å². The number of amides is 1. The van der Waals surface area contributed by atoms with Crippen LogP contribution in [0, 0.1) is 0 Å². The highest BCUT2D eigenvalue weighted by atomic mass is 32.1. The van der Waals surface area contributed by atoms with Gasteiger partial charge in [0.05, 0.1) is 25.3 Å². The van der Waals surface area contributed by atoms with Crippen molar-refractivity contribution < 1.29 is 14.3 Å². The Bertz CT molecular complexity index is 960. The maximum Gasteiger partial charge on any atom is 0.251 e. The van der Waals surface area contributed by atoms with Crippen molar-refractivity contribution in [1.82, 2.24) is 16.0 Å². The molecule has 1 atom stereocenters. The Morgan fingerprint density at radius 3 is 2.65 bits per heavy atom. The van der Waals surface area contributed by atoms with E-state index in [9.17, 15) is 4.79 Å². The molecule has 0 saturated heterocycles. The number of unbranched alkanes of at least 4 members (excludes halogenated alkanes) is 1. The van der Waals surface area contributed by atoms with E-state index in [1.807, 2.05) is 55.5 Å². The Morgan fingerprint density at radius 2 is 1.94 bits per heavy atom. The Labute approximate surface area is 189 Å². The number of hydrogen-bond donors (Lipinski definition) is 3. The van der Waals surface area contributed by atoms with Crippen LogP contribution in [0.25, 0.3) is 0 Å². The van der Waals surface area contributed by atoms with Crippen LogP contribution in [-0.4, -0.2) is 24.7 Å². The van der Waals surface area contributed by atoms with Crippen LogP contribution in [-0.2, 0) is 11.3 Å². The fourth-order valence-corrected chi connectivity index (χ4v) is 3.70. The first-order valence-electron chi connectivity index (χ1n) is 10.4. The zero-order valence-corrected chi connectivity index (χ0v) is 19.0. The maximum absolute atomic E-state index is 13.1. The number of ether oxygens (including phenoxy) is 2. The molecule has 6 nitrogen and oxygen atoms in total. The fraction of sp³-hybridized carbons (Fsp3) is 0.333. The molecule has 0 aliphatic carbocycles. The molecular weight excluding hydrogens is 410 g/mol. The molecule has 31 heavy (non-hydrogen) atoms. The van der Waals surface area contributed by atoms with E-state index < -0.39 is 6.04 Å². The van der Waals surface area contributed by atoms with Gasteiger partial charge in [-0.15, -0.1) is 0 Å². The second kappa shape index (κ2) is 10.8. The Balaban J connectivity index is 1.84. The number of rotatable bonds is 9. The second-order valence-corrected chi connectivity index (χ2v) is 7.76. The molecule has 1 aliphatic heterocycles. The number of allylic oxidation sites excluding steroid dienone is 1. The lowest BCUT2D eigenvalue weighted by Gasteiger charge is -2.30. The van der Waals surface area contributed by atoms with Gasteiger partial charge in [0.15, 0.2) is 16.6 Å². The molecule has 2 aromatic carbocycles. The minimum atomic E-state index is -0.400. The normalized spacial score (nSPS) is 15.7. The summed E-state index contributed by atoms with van der Waals surface area (Å²) < 4.78 is 11.4. The van der Waals surface area contributed by atoms with Gasteiger partial charge in [-0.25, -0.2) is 0 Å². The van der Waals surface area contributed by atoms with Gasteiger partial charge in [0.1, 0.15) is 0 Å². The lowest BCUT2D eigenvalue weighted by atomic mass is 9.94. The summed E-state index contributed by atoms with van der Waals surface area (Å²) in [5.41, 5.74) is 3.22. The lowest BCUT2D eigenvalue weighted by Crippen LogP contribution is -2.46. The van der Waals surface area contributed by atoms with E-state index in [1.54, 1.807) is 7.11 Å². The molecule has 0 radical (unpaired) electrons. The Morgan fingerprint density at radius 1 is 1.16 bits per heavy atom. The van der Waals surface area contributed by atoms with Gasteiger partial charge < -0.3 is 25.4 Å². The molecule has 0 bridgehead atoms. The van der Waals surface area contributed by atoms with Crippen molar-refractivity contribution in [1.29, 1.82) is 0 Å². The van der Waals surface area contributed by atoms with E-state index in [0.717, 1.165) is 29.7 Å². The number of carbonyl (C=O) groups excluding carboxylic acids is 1. The topological polar surface area (TPSA) is 71.6 Å². The summed E-state index contributed by atoms with van der Waals surface area (Å²) in [4.78, 5) is 13.1. The highest BCUT2D eigenvalue weighted by Gasteiger charge is 2.30. The largest absolute Gasteiger partial charge is 0.493 e. The quantitative estimate of drug-likeness (QED) is 0.406. The van der Waals surface area contributed by atoms with E-state index in [1.165, 1.54) is 0 Å². The minimum Gasteiger partial charge on any atom is -0.493 e. The molecule has 3 N–H and O–H groups in total. The van der Waals surface area contributed by atoms with Crippen molar-refractivity contribution in [3.8, 4) is 11.5 Å². The predicted molar refractivity (Wildman–Crippen MR) is 126 cm³/mol. The van der Waals surface area contributed by atoms with E-state index in [0.29, 0.717) is 35.3 Å². The number of thiocarbonyl (C=S) groups is 1. The van der Waals surface area contributed by atoms with Gasteiger partial charge in [0, 0.05) is 12.2 Å². The summed E-state index contributed by atoms with van der Waals surface area (Å²) in [5, 5.41) is 9.77. The van der Waals surface area contributed by atoms with Crippen LogP contribution in [0.5, 0.6) is 11.5 Å². The van der Waals surface area contributed by atoms with Crippen molar-refractivity contribution in [3.05, 3.63) is 70.9 Å². The van der Waals surface area contributed by atoms with Crippen LogP contribution >= 0.6 is 12.2 Å². The number of methoxy groups -OCH3 is 1. The van der Waals surface area contributed by atoms with E-state index in [2.05, 4.69) is 22.9 Å². The SMILES string of the molecule is CCCCOc1ccc([C@@H]2NC(=S)NC(C)=C2C(=O)NCc2ccccc2)cc1OC. The van der Waals surface area contributed by atoms with Gasteiger partial charge in [-0.2, -0.15) is 0 Å². The minimum absolute atomic E-state index is 0.156. The molecule has 1 heterocycles. The highest BCUT2D eigenvalue weighted by Crippen LogP contribution is 2.34. The van der Waals surface area contributed by atoms with Crippen LogP contribution < -0.4 is 25.4 Å². The lowest BCUT2D eigenvalue weighted by molar-refractivity contribution is -0.118. The van der Waals surface area contributed by atoms with Crippen LogP contribution in [0.15, 0.2) is 59.8 Å². The number of nitrogens with one attached hydrogen (secondary N) is 3. The smallest absolute Gasteiger partial charge is 0.251 e. The molecule has 1 amide bonds. The van der Waals surface area contributed by atoms with Crippen molar-refractivity contribution in [3.63, 3.8) is 0 Å².